The summed E-state index contributed by atoms with van der Waals surface area (Å²) < 4.78 is 11.1. The molecule has 9 heteroatoms. The number of benzene rings is 1. The summed E-state index contributed by atoms with van der Waals surface area (Å²) in [5.41, 5.74) is 0.248. The van der Waals surface area contributed by atoms with Gasteiger partial charge in [-0.1, -0.05) is 46.2 Å². The van der Waals surface area contributed by atoms with E-state index < -0.39 is 23.0 Å². The van der Waals surface area contributed by atoms with Crippen LogP contribution in [-0.2, 0) is 20.7 Å². The third-order valence-electron chi connectivity index (χ3n) is 6.84. The lowest BCUT2D eigenvalue weighted by molar-refractivity contribution is -0.155. The summed E-state index contributed by atoms with van der Waals surface area (Å²) in [5, 5.41) is 3.39. The molecule has 0 aliphatic rings. The molecule has 0 fully saturated rings. The molecule has 1 aromatic heterocycles. The van der Waals surface area contributed by atoms with E-state index in [1.807, 2.05) is 84.6 Å². The van der Waals surface area contributed by atoms with E-state index in [9.17, 15) is 9.59 Å². The molecule has 1 aromatic carbocycles. The Hall–Kier alpha value is -3.36. The van der Waals surface area contributed by atoms with Crippen molar-refractivity contribution in [1.82, 2.24) is 9.97 Å². The molecule has 1 atom stereocenters. The van der Waals surface area contributed by atoms with Gasteiger partial charge in [-0.05, 0) is 65.2 Å². The van der Waals surface area contributed by atoms with E-state index >= 15 is 0 Å². The van der Waals surface area contributed by atoms with Gasteiger partial charge in [0.2, 0.25) is 11.9 Å². The number of rotatable bonds is 15. The second-order valence-electron chi connectivity index (χ2n) is 11.9. The van der Waals surface area contributed by atoms with Gasteiger partial charge in [0.1, 0.15) is 23.1 Å². The Labute approximate surface area is 247 Å². The second-order valence-corrected chi connectivity index (χ2v) is 11.9. The summed E-state index contributed by atoms with van der Waals surface area (Å²) in [6.45, 7) is 19.7. The molecule has 0 aliphatic carbocycles. The van der Waals surface area contributed by atoms with Crippen LogP contribution in [0.25, 0.3) is 0 Å². The van der Waals surface area contributed by atoms with Gasteiger partial charge in [-0.3, -0.25) is 4.79 Å². The highest BCUT2D eigenvalue weighted by molar-refractivity contribution is 5.99. The van der Waals surface area contributed by atoms with Crippen molar-refractivity contribution in [2.24, 2.45) is 5.41 Å². The maximum absolute atomic E-state index is 13.9. The van der Waals surface area contributed by atoms with Crippen molar-refractivity contribution >= 4 is 29.3 Å². The maximum Gasteiger partial charge on any atom is 0.329 e. The van der Waals surface area contributed by atoms with Gasteiger partial charge in [-0.15, -0.1) is 0 Å². The van der Waals surface area contributed by atoms with E-state index in [1.54, 1.807) is 18.2 Å². The summed E-state index contributed by atoms with van der Waals surface area (Å²) in [5.74, 6) is 1.31. The highest BCUT2D eigenvalue weighted by Gasteiger charge is 2.34. The Morgan fingerprint density at radius 1 is 0.976 bits per heavy atom. The number of methoxy groups -OCH3 is 1. The summed E-state index contributed by atoms with van der Waals surface area (Å²) in [6.07, 6.45) is 4.46. The van der Waals surface area contributed by atoms with Crippen molar-refractivity contribution in [2.45, 2.75) is 99.6 Å². The monoisotopic (exact) mass is 569 g/mol. The van der Waals surface area contributed by atoms with Gasteiger partial charge in [0.15, 0.2) is 5.82 Å². The van der Waals surface area contributed by atoms with Crippen LogP contribution in [-0.4, -0.2) is 60.2 Å². The van der Waals surface area contributed by atoms with Crippen molar-refractivity contribution in [3.8, 4) is 5.75 Å². The zero-order valence-corrected chi connectivity index (χ0v) is 26.8. The highest BCUT2D eigenvalue weighted by atomic mass is 16.6. The number of nitrogens with zero attached hydrogens (tertiary/aromatic N) is 4. The van der Waals surface area contributed by atoms with Crippen molar-refractivity contribution in [3.63, 3.8) is 0 Å². The van der Waals surface area contributed by atoms with Crippen LogP contribution in [0.4, 0.5) is 17.5 Å². The lowest BCUT2D eigenvalue weighted by atomic mass is 9.86. The fourth-order valence-electron chi connectivity index (χ4n) is 4.71. The molecule has 2 rings (SSSR count). The summed E-state index contributed by atoms with van der Waals surface area (Å²) in [6, 6.07) is 6.84. The van der Waals surface area contributed by atoms with Crippen molar-refractivity contribution in [3.05, 3.63) is 36.0 Å². The zero-order chi connectivity index (χ0) is 30.8. The third kappa shape index (κ3) is 9.61. The molecule has 1 amide bonds. The SMILES string of the molecule is CCCN(C(=O)C(C)(C)CCC)c1cnc(N(CC)CC)nc1NC(Cc1ccc(OC)cc1)C(=O)OC(C)(C)C. The average Bonchev–Trinajstić information content (AvgIpc) is 2.91. The fraction of sp³-hybridized carbons (Fsp3) is 0.625. The number of anilines is 3. The number of esters is 1. The van der Waals surface area contributed by atoms with E-state index in [1.165, 1.54) is 0 Å². The van der Waals surface area contributed by atoms with Crippen LogP contribution in [0.15, 0.2) is 30.5 Å². The number of amides is 1. The Kier molecular flexibility index (Phi) is 12.4. The predicted octanol–water partition coefficient (Wildman–Crippen LogP) is 6.27. The lowest BCUT2D eigenvalue weighted by Crippen LogP contribution is -2.43. The molecule has 0 bridgehead atoms. The Bertz CT molecular complexity index is 1120. The molecule has 1 N–H and O–H groups in total. The normalized spacial score (nSPS) is 12.4. The first-order chi connectivity index (χ1) is 19.3. The van der Waals surface area contributed by atoms with Gasteiger partial charge >= 0.3 is 5.97 Å². The number of aromatic nitrogens is 2. The van der Waals surface area contributed by atoms with Gasteiger partial charge in [-0.2, -0.15) is 4.98 Å². The van der Waals surface area contributed by atoms with Gasteiger partial charge in [0.25, 0.3) is 0 Å². The van der Waals surface area contributed by atoms with Crippen LogP contribution in [0.5, 0.6) is 5.75 Å². The highest BCUT2D eigenvalue weighted by Crippen LogP contribution is 2.33. The van der Waals surface area contributed by atoms with Gasteiger partial charge in [0, 0.05) is 31.5 Å². The summed E-state index contributed by atoms with van der Waals surface area (Å²) in [7, 11) is 1.62. The first-order valence-electron chi connectivity index (χ1n) is 14.9. The Morgan fingerprint density at radius 3 is 2.12 bits per heavy atom. The number of nitrogens with one attached hydrogen (secondary N) is 1. The smallest absolute Gasteiger partial charge is 0.329 e. The molecule has 1 heterocycles. The van der Waals surface area contributed by atoms with Gasteiger partial charge < -0.3 is 24.6 Å². The van der Waals surface area contributed by atoms with E-state index in [2.05, 4.69) is 17.2 Å². The van der Waals surface area contributed by atoms with Crippen LogP contribution in [0.2, 0.25) is 0 Å². The molecule has 0 radical (unpaired) electrons. The molecule has 0 saturated carbocycles. The minimum absolute atomic E-state index is 0.00686. The molecule has 1 unspecified atom stereocenters. The van der Waals surface area contributed by atoms with Crippen molar-refractivity contribution in [1.29, 1.82) is 0 Å². The molecular formula is C32H51N5O4. The minimum atomic E-state index is -0.761. The van der Waals surface area contributed by atoms with Crippen LogP contribution in [0, 0.1) is 5.41 Å². The second kappa shape index (κ2) is 15.0. The molecule has 2 aromatic rings. The first kappa shape index (κ1) is 33.8. The quantitative estimate of drug-likeness (QED) is 0.251. The van der Waals surface area contributed by atoms with Crippen LogP contribution in [0.1, 0.15) is 87.1 Å². The van der Waals surface area contributed by atoms with Crippen molar-refractivity contribution in [2.75, 3.05) is 41.9 Å². The van der Waals surface area contributed by atoms with Gasteiger partial charge in [0.05, 0.1) is 13.3 Å². The van der Waals surface area contributed by atoms with Crippen molar-refractivity contribution < 1.29 is 19.1 Å². The first-order valence-corrected chi connectivity index (χ1v) is 14.9. The molecule has 0 aliphatic heterocycles. The summed E-state index contributed by atoms with van der Waals surface area (Å²) >= 11 is 0. The van der Waals surface area contributed by atoms with E-state index in [0.29, 0.717) is 30.4 Å². The third-order valence-corrected chi connectivity index (χ3v) is 6.84. The molecule has 9 nitrogen and oxygen atoms in total. The molecular weight excluding hydrogens is 518 g/mol. The van der Waals surface area contributed by atoms with Crippen LogP contribution in [0.3, 0.4) is 0 Å². The Morgan fingerprint density at radius 2 is 1.61 bits per heavy atom. The standard InChI is InChI=1S/C32H51N5O4/c1-11-19-32(8,9)29(39)37(20-12-2)26-22-33-30(36(13-3)14-4)35-27(26)34-25(28(38)41-31(5,6)7)21-23-15-17-24(40-10)18-16-23/h15-18,22,25H,11-14,19-21H2,1-10H3,(H,33,34,35). The number of hydrogen-bond acceptors (Lipinski definition) is 8. The topological polar surface area (TPSA) is 96.9 Å². The Balaban J connectivity index is 2.66. The molecule has 0 saturated heterocycles. The number of carbonyl (C=O) groups excluding carboxylic acids is 2. The zero-order valence-electron chi connectivity index (χ0n) is 26.8. The van der Waals surface area contributed by atoms with E-state index in [-0.39, 0.29) is 5.91 Å². The number of carbonyl (C=O) groups is 2. The van der Waals surface area contributed by atoms with E-state index in [4.69, 9.17) is 14.5 Å². The maximum atomic E-state index is 13.9. The van der Waals surface area contributed by atoms with E-state index in [0.717, 1.165) is 43.7 Å². The lowest BCUT2D eigenvalue weighted by Gasteiger charge is -2.33. The molecule has 228 valence electrons. The predicted molar refractivity (Wildman–Crippen MR) is 167 cm³/mol. The largest absolute Gasteiger partial charge is 0.497 e. The number of ether oxygens (including phenoxy) is 2. The number of hydrogen-bond donors (Lipinski definition) is 1. The minimum Gasteiger partial charge on any atom is -0.497 e. The summed E-state index contributed by atoms with van der Waals surface area (Å²) in [4.78, 5) is 40.8. The van der Waals surface area contributed by atoms with Crippen LogP contribution < -0.4 is 19.9 Å². The average molecular weight is 570 g/mol. The van der Waals surface area contributed by atoms with Crippen LogP contribution >= 0.6 is 0 Å². The fourth-order valence-corrected chi connectivity index (χ4v) is 4.71. The van der Waals surface area contributed by atoms with Gasteiger partial charge in [-0.25, -0.2) is 9.78 Å². The molecule has 41 heavy (non-hydrogen) atoms. The molecule has 0 spiro atoms.